The van der Waals surface area contributed by atoms with Crippen molar-refractivity contribution in [3.63, 3.8) is 0 Å². The minimum Gasteiger partial charge on any atom is -0.383 e. The van der Waals surface area contributed by atoms with E-state index in [1.807, 2.05) is 13.8 Å². The molecule has 14 heavy (non-hydrogen) atoms. The van der Waals surface area contributed by atoms with Gasteiger partial charge >= 0.3 is 0 Å². The molecule has 0 fully saturated rings. The van der Waals surface area contributed by atoms with Crippen molar-refractivity contribution in [1.29, 1.82) is 0 Å². The summed E-state index contributed by atoms with van der Waals surface area (Å²) < 4.78 is 0. The largest absolute Gasteiger partial charge is 0.383 e. The van der Waals surface area contributed by atoms with Crippen molar-refractivity contribution in [2.24, 2.45) is 0 Å². The second-order valence-corrected chi connectivity index (χ2v) is 3.35. The van der Waals surface area contributed by atoms with Gasteiger partial charge in [0, 0.05) is 13.2 Å². The van der Waals surface area contributed by atoms with Gasteiger partial charge in [-0.1, -0.05) is 32.9 Å². The highest BCUT2D eigenvalue weighted by Gasteiger charge is 1.94. The van der Waals surface area contributed by atoms with E-state index >= 15 is 0 Å². The van der Waals surface area contributed by atoms with E-state index in [1.165, 1.54) is 11.3 Å². The first-order valence-electron chi connectivity index (χ1n) is 5.58. The fourth-order valence-corrected chi connectivity index (χ4v) is 1.17. The van der Waals surface area contributed by atoms with Gasteiger partial charge in [-0.2, -0.15) is 0 Å². The summed E-state index contributed by atoms with van der Waals surface area (Å²) in [5.41, 5.74) is 2.60. The Bertz CT molecular complexity index is 229. The van der Waals surface area contributed by atoms with Crippen LogP contribution in [0.2, 0.25) is 0 Å². The second-order valence-electron chi connectivity index (χ2n) is 3.35. The van der Waals surface area contributed by atoms with Gasteiger partial charge in [-0.25, -0.2) is 0 Å². The molecule has 0 amide bonds. The van der Waals surface area contributed by atoms with Crippen LogP contribution in [0.4, 0.5) is 5.69 Å². The molecule has 1 aromatic carbocycles. The summed E-state index contributed by atoms with van der Waals surface area (Å²) in [6, 6.07) is 9.13. The number of anilines is 1. The third-order valence-corrected chi connectivity index (χ3v) is 1.82. The molecule has 1 N–H and O–H groups in total. The van der Waals surface area contributed by atoms with E-state index < -0.39 is 0 Å². The lowest BCUT2D eigenvalue weighted by Crippen LogP contribution is -2.09. The Morgan fingerprint density at radius 1 is 1.14 bits per heavy atom. The summed E-state index contributed by atoms with van der Waals surface area (Å²) in [5.74, 6) is 0. The lowest BCUT2D eigenvalue weighted by atomic mass is 10.1. The molecular weight excluding hydrogens is 170 g/mol. The first kappa shape index (κ1) is 13.0. The third kappa shape index (κ3) is 4.90. The van der Waals surface area contributed by atoms with E-state index in [2.05, 4.69) is 50.4 Å². The van der Waals surface area contributed by atoms with Crippen LogP contribution in [0.5, 0.6) is 0 Å². The highest BCUT2D eigenvalue weighted by atomic mass is 14.9. The van der Waals surface area contributed by atoms with Gasteiger partial charge in [-0.05, 0) is 38.0 Å². The van der Waals surface area contributed by atoms with Gasteiger partial charge in [0.15, 0.2) is 0 Å². The molecule has 0 heterocycles. The number of benzene rings is 1. The van der Waals surface area contributed by atoms with Gasteiger partial charge in [0.05, 0.1) is 0 Å². The molecule has 82 valence electrons. The van der Waals surface area contributed by atoms with Crippen LogP contribution in [-0.2, 0) is 6.42 Å². The van der Waals surface area contributed by atoms with Crippen molar-refractivity contribution in [3.8, 4) is 0 Å². The predicted molar refractivity (Wildman–Crippen MR) is 68.0 cm³/mol. The van der Waals surface area contributed by atoms with E-state index in [0.717, 1.165) is 6.42 Å². The molecule has 0 saturated heterocycles. The van der Waals surface area contributed by atoms with Crippen LogP contribution in [0.25, 0.3) is 0 Å². The van der Waals surface area contributed by atoms with Crippen LogP contribution in [0.3, 0.4) is 0 Å². The first-order valence-corrected chi connectivity index (χ1v) is 5.58. The smallest absolute Gasteiger partial charge is 0.0342 e. The Kier molecular flexibility index (Phi) is 6.91. The van der Waals surface area contributed by atoms with Crippen LogP contribution in [0.15, 0.2) is 24.3 Å². The van der Waals surface area contributed by atoms with Gasteiger partial charge in [-0.15, -0.1) is 0 Å². The minimum atomic E-state index is 0. The molecule has 1 nitrogen and oxygen atoms in total. The zero-order chi connectivity index (χ0) is 11.0. The van der Waals surface area contributed by atoms with E-state index in [4.69, 9.17) is 0 Å². The normalized spacial score (nSPS) is 9.29. The topological polar surface area (TPSA) is 12.0 Å². The number of hydrogen-bond acceptors (Lipinski definition) is 1. The number of aryl methyl sites for hydroxylation is 1. The fraction of sp³-hybridized carbons (Fsp3) is 0.538. The van der Waals surface area contributed by atoms with Crippen LogP contribution in [0, 0.1) is 0 Å². The average molecular weight is 195 g/mol. The van der Waals surface area contributed by atoms with Crippen molar-refractivity contribution in [3.05, 3.63) is 29.8 Å². The maximum Gasteiger partial charge on any atom is 0.0342 e. The van der Waals surface area contributed by atoms with E-state index in [0.29, 0.717) is 6.04 Å². The van der Waals surface area contributed by atoms with Crippen molar-refractivity contribution in [2.45, 2.75) is 47.1 Å². The standard InChI is InChI=1S/C11H17N.C2H6.H2/c1-4-10-5-7-11(8-6-10)12-9(2)3;1-2;/h5-9,12H,4H2,1-3H3;1-2H3;1H. The monoisotopic (exact) mass is 195 g/mol. The van der Waals surface area contributed by atoms with Crippen molar-refractivity contribution >= 4 is 5.69 Å². The van der Waals surface area contributed by atoms with Crippen LogP contribution >= 0.6 is 0 Å². The van der Waals surface area contributed by atoms with Crippen molar-refractivity contribution < 1.29 is 1.43 Å². The number of nitrogens with one attached hydrogen (secondary N) is 1. The highest BCUT2D eigenvalue weighted by molar-refractivity contribution is 5.45. The molecule has 0 radical (unpaired) electrons. The molecule has 0 spiro atoms. The average Bonchev–Trinajstić information content (AvgIpc) is 2.21. The van der Waals surface area contributed by atoms with Crippen LogP contribution < -0.4 is 5.32 Å². The Morgan fingerprint density at radius 3 is 2.00 bits per heavy atom. The Labute approximate surface area is 90.0 Å². The van der Waals surface area contributed by atoms with Crippen LogP contribution in [0.1, 0.15) is 41.6 Å². The lowest BCUT2D eigenvalue weighted by Gasteiger charge is -2.09. The molecule has 0 bridgehead atoms. The zero-order valence-electron chi connectivity index (χ0n) is 10.1. The predicted octanol–water partition coefficient (Wildman–Crippen LogP) is 4.34. The summed E-state index contributed by atoms with van der Waals surface area (Å²) >= 11 is 0. The molecule has 1 heteroatoms. The van der Waals surface area contributed by atoms with Gasteiger partial charge in [0.2, 0.25) is 0 Å². The van der Waals surface area contributed by atoms with Gasteiger partial charge in [0.1, 0.15) is 0 Å². The molecule has 0 aliphatic carbocycles. The van der Waals surface area contributed by atoms with Gasteiger partial charge < -0.3 is 5.32 Å². The van der Waals surface area contributed by atoms with Gasteiger partial charge in [-0.3, -0.25) is 0 Å². The zero-order valence-corrected chi connectivity index (χ0v) is 10.1. The molecule has 1 rings (SSSR count). The molecule has 0 atom stereocenters. The molecule has 0 aromatic heterocycles. The summed E-state index contributed by atoms with van der Waals surface area (Å²) in [6.45, 7) is 10.5. The Morgan fingerprint density at radius 2 is 1.64 bits per heavy atom. The quantitative estimate of drug-likeness (QED) is 0.756. The third-order valence-electron chi connectivity index (χ3n) is 1.82. The summed E-state index contributed by atoms with van der Waals surface area (Å²) in [4.78, 5) is 0. The molecule has 1 aromatic rings. The van der Waals surface area contributed by atoms with Gasteiger partial charge in [0.25, 0.3) is 0 Å². The molecule has 0 aliphatic heterocycles. The first-order chi connectivity index (χ1) is 6.72. The molecular formula is C13H25N. The maximum atomic E-state index is 3.36. The molecule has 0 aliphatic rings. The Balaban J connectivity index is 0. The van der Waals surface area contributed by atoms with E-state index in [9.17, 15) is 0 Å². The Hall–Kier alpha value is -0.980. The molecule has 0 unspecified atom stereocenters. The SMILES string of the molecule is CC.CCc1ccc(NC(C)C)cc1.[HH]. The summed E-state index contributed by atoms with van der Waals surface area (Å²) in [7, 11) is 0. The highest BCUT2D eigenvalue weighted by Crippen LogP contribution is 2.10. The maximum absolute atomic E-state index is 3.36. The van der Waals surface area contributed by atoms with Crippen LogP contribution in [-0.4, -0.2) is 6.04 Å². The fourth-order valence-electron chi connectivity index (χ4n) is 1.17. The summed E-state index contributed by atoms with van der Waals surface area (Å²) in [5, 5.41) is 3.36. The molecule has 0 saturated carbocycles. The second kappa shape index (κ2) is 7.43. The lowest BCUT2D eigenvalue weighted by molar-refractivity contribution is 0.899. The minimum absolute atomic E-state index is 0. The van der Waals surface area contributed by atoms with Crippen molar-refractivity contribution in [2.75, 3.05) is 5.32 Å². The van der Waals surface area contributed by atoms with E-state index in [1.54, 1.807) is 0 Å². The summed E-state index contributed by atoms with van der Waals surface area (Å²) in [6.07, 6.45) is 1.11. The van der Waals surface area contributed by atoms with Crippen molar-refractivity contribution in [1.82, 2.24) is 0 Å². The number of hydrogen-bond donors (Lipinski definition) is 1. The number of rotatable bonds is 3. The van der Waals surface area contributed by atoms with E-state index in [-0.39, 0.29) is 1.43 Å².